The van der Waals surface area contributed by atoms with Gasteiger partial charge in [-0.15, -0.1) is 11.3 Å². The van der Waals surface area contributed by atoms with Gasteiger partial charge in [0.25, 0.3) is 0 Å². The van der Waals surface area contributed by atoms with E-state index in [-0.39, 0.29) is 0 Å². The smallest absolute Gasteiger partial charge is 0.164 e. The summed E-state index contributed by atoms with van der Waals surface area (Å²) < 4.78 is 0. The molecule has 1 aromatic rings. The third-order valence-electron chi connectivity index (χ3n) is 3.72. The maximum Gasteiger partial charge on any atom is 0.164 e. The molecule has 1 aromatic heterocycles. The molecule has 1 atom stereocenters. The highest BCUT2D eigenvalue weighted by Gasteiger charge is 2.27. The Bertz CT molecular complexity index is 409. The highest BCUT2D eigenvalue weighted by molar-refractivity contribution is 7.10. The van der Waals surface area contributed by atoms with Crippen molar-refractivity contribution < 1.29 is 4.79 Å². The number of fused-ring (bicyclic) bond motifs is 1. The van der Waals surface area contributed by atoms with Crippen LogP contribution in [0.2, 0.25) is 0 Å². The Balaban J connectivity index is 1.64. The molecule has 3 rings (SSSR count). The minimum atomic E-state index is 0.354. The summed E-state index contributed by atoms with van der Waals surface area (Å²) in [6, 6.07) is 1.99. The molecule has 92 valence electrons. The summed E-state index contributed by atoms with van der Waals surface area (Å²) >= 11 is 1.74. The maximum atomic E-state index is 12.0. The zero-order valence-corrected chi connectivity index (χ0v) is 10.8. The van der Waals surface area contributed by atoms with Gasteiger partial charge in [0.2, 0.25) is 0 Å². The van der Waals surface area contributed by atoms with E-state index in [0.717, 1.165) is 51.1 Å². The van der Waals surface area contributed by atoms with Gasteiger partial charge >= 0.3 is 0 Å². The van der Waals surface area contributed by atoms with Crippen LogP contribution in [-0.2, 0) is 6.42 Å². The molecule has 0 spiro atoms. The summed E-state index contributed by atoms with van der Waals surface area (Å²) in [6.07, 6.45) is 1.84. The molecule has 1 fully saturated rings. The zero-order valence-electron chi connectivity index (χ0n) is 9.95. The fourth-order valence-electron chi connectivity index (χ4n) is 2.84. The van der Waals surface area contributed by atoms with Crippen molar-refractivity contribution in [2.75, 3.05) is 32.7 Å². The Hall–Kier alpha value is -0.710. The lowest BCUT2D eigenvalue weighted by Crippen LogP contribution is -2.46. The third kappa shape index (κ3) is 2.44. The zero-order chi connectivity index (χ0) is 11.7. The predicted octanol–water partition coefficient (Wildman–Crippen LogP) is 1.40. The van der Waals surface area contributed by atoms with Crippen LogP contribution in [0, 0.1) is 5.92 Å². The van der Waals surface area contributed by atoms with E-state index in [9.17, 15) is 4.79 Å². The fourth-order valence-corrected chi connectivity index (χ4v) is 3.85. The fraction of sp³-hybridized carbons (Fsp3) is 0.615. The van der Waals surface area contributed by atoms with Gasteiger partial charge in [0.15, 0.2) is 5.78 Å². The summed E-state index contributed by atoms with van der Waals surface area (Å²) in [5, 5.41) is 5.42. The molecule has 0 amide bonds. The number of nitrogens with zero attached hydrogens (tertiary/aromatic N) is 1. The monoisotopic (exact) mass is 250 g/mol. The van der Waals surface area contributed by atoms with E-state index in [2.05, 4.69) is 15.6 Å². The van der Waals surface area contributed by atoms with Crippen LogP contribution in [0.5, 0.6) is 0 Å². The van der Waals surface area contributed by atoms with Crippen molar-refractivity contribution in [1.82, 2.24) is 10.2 Å². The van der Waals surface area contributed by atoms with Crippen molar-refractivity contribution in [2.24, 2.45) is 5.92 Å². The van der Waals surface area contributed by atoms with E-state index in [1.54, 1.807) is 11.3 Å². The first-order chi connectivity index (χ1) is 8.33. The number of rotatable bonds is 2. The lowest BCUT2D eigenvalue weighted by Gasteiger charge is -2.32. The number of hydrogen-bond donors (Lipinski definition) is 1. The van der Waals surface area contributed by atoms with Crippen molar-refractivity contribution in [3.8, 4) is 0 Å². The molecule has 0 unspecified atom stereocenters. The molecule has 0 bridgehead atoms. The molecule has 1 saturated heterocycles. The molecule has 0 radical (unpaired) electrons. The normalized spacial score (nSPS) is 25.9. The van der Waals surface area contributed by atoms with E-state index < -0.39 is 0 Å². The van der Waals surface area contributed by atoms with Crippen LogP contribution in [0.3, 0.4) is 0 Å². The lowest BCUT2D eigenvalue weighted by atomic mass is 9.87. The Labute approximate surface area is 106 Å². The van der Waals surface area contributed by atoms with Crippen LogP contribution in [0.25, 0.3) is 0 Å². The topological polar surface area (TPSA) is 32.3 Å². The summed E-state index contributed by atoms with van der Waals surface area (Å²) in [5.41, 5.74) is 0.992. The number of thiophene rings is 1. The van der Waals surface area contributed by atoms with E-state index in [1.807, 2.05) is 6.07 Å². The highest BCUT2D eigenvalue weighted by Crippen LogP contribution is 2.30. The number of carbonyl (C=O) groups excluding carboxylic acids is 1. The average molecular weight is 250 g/mol. The Morgan fingerprint density at radius 1 is 1.35 bits per heavy atom. The summed E-state index contributed by atoms with van der Waals surface area (Å²) in [5.74, 6) is 0.888. The number of piperazine rings is 1. The number of carbonyl (C=O) groups is 1. The molecule has 2 aliphatic rings. The second-order valence-corrected chi connectivity index (χ2v) is 6.01. The number of hydrogen-bond acceptors (Lipinski definition) is 4. The van der Waals surface area contributed by atoms with Gasteiger partial charge in [-0.25, -0.2) is 0 Å². The van der Waals surface area contributed by atoms with Gasteiger partial charge in [0, 0.05) is 49.6 Å². The number of nitrogens with one attached hydrogen (secondary N) is 1. The predicted molar refractivity (Wildman–Crippen MR) is 69.8 cm³/mol. The van der Waals surface area contributed by atoms with Gasteiger partial charge in [-0.05, 0) is 23.8 Å². The lowest BCUT2D eigenvalue weighted by molar-refractivity contribution is 0.0928. The Morgan fingerprint density at radius 3 is 3.00 bits per heavy atom. The first-order valence-electron chi connectivity index (χ1n) is 6.35. The summed E-state index contributed by atoms with van der Waals surface area (Å²) in [6.45, 7) is 5.52. The van der Waals surface area contributed by atoms with Crippen LogP contribution in [-0.4, -0.2) is 43.4 Å². The maximum absolute atomic E-state index is 12.0. The molecular weight excluding hydrogens is 232 g/mol. The van der Waals surface area contributed by atoms with Crippen molar-refractivity contribution in [3.63, 3.8) is 0 Å². The van der Waals surface area contributed by atoms with Crippen molar-refractivity contribution in [3.05, 3.63) is 21.9 Å². The van der Waals surface area contributed by atoms with Crippen LogP contribution < -0.4 is 5.32 Å². The molecule has 17 heavy (non-hydrogen) atoms. The molecule has 1 aliphatic carbocycles. The second kappa shape index (κ2) is 4.88. The Morgan fingerprint density at radius 2 is 2.18 bits per heavy atom. The first-order valence-corrected chi connectivity index (χ1v) is 7.23. The molecule has 3 nitrogen and oxygen atoms in total. The molecule has 4 heteroatoms. The number of ketones is 1. The molecule has 1 aliphatic heterocycles. The van der Waals surface area contributed by atoms with E-state index in [1.165, 1.54) is 4.88 Å². The molecular formula is C13H18N2OS. The first kappa shape index (κ1) is 11.4. The molecule has 1 N–H and O–H groups in total. The van der Waals surface area contributed by atoms with Gasteiger partial charge in [-0.2, -0.15) is 0 Å². The van der Waals surface area contributed by atoms with Gasteiger partial charge in [0.1, 0.15) is 0 Å². The second-order valence-electron chi connectivity index (χ2n) is 5.01. The minimum absolute atomic E-state index is 0.354. The van der Waals surface area contributed by atoms with Crippen molar-refractivity contribution in [2.45, 2.75) is 12.8 Å². The highest BCUT2D eigenvalue weighted by atomic mass is 32.1. The summed E-state index contributed by atoms with van der Waals surface area (Å²) in [4.78, 5) is 15.8. The van der Waals surface area contributed by atoms with Crippen molar-refractivity contribution in [1.29, 1.82) is 0 Å². The van der Waals surface area contributed by atoms with Gasteiger partial charge < -0.3 is 10.2 Å². The molecule has 2 heterocycles. The van der Waals surface area contributed by atoms with E-state index >= 15 is 0 Å². The van der Waals surface area contributed by atoms with Crippen molar-refractivity contribution >= 4 is 17.1 Å². The quantitative estimate of drug-likeness (QED) is 0.861. The van der Waals surface area contributed by atoms with E-state index in [4.69, 9.17) is 0 Å². The molecule has 0 aromatic carbocycles. The van der Waals surface area contributed by atoms with Gasteiger partial charge in [-0.1, -0.05) is 0 Å². The standard InChI is InChI=1S/C13H18N2OS/c16-12-7-10(8-13-11(12)1-6-17-13)9-15-4-2-14-3-5-15/h1,6,10,14H,2-5,7-9H2/t10-/m0/s1. The minimum Gasteiger partial charge on any atom is -0.314 e. The SMILES string of the molecule is O=C1C[C@H](CN2CCNCC2)Cc2sccc21. The molecule has 0 saturated carbocycles. The summed E-state index contributed by atoms with van der Waals surface area (Å²) in [7, 11) is 0. The largest absolute Gasteiger partial charge is 0.314 e. The van der Waals surface area contributed by atoms with Gasteiger partial charge in [0.05, 0.1) is 0 Å². The Kier molecular flexibility index (Phi) is 3.27. The average Bonchev–Trinajstić information content (AvgIpc) is 2.79. The van der Waals surface area contributed by atoms with Gasteiger partial charge in [-0.3, -0.25) is 4.79 Å². The van der Waals surface area contributed by atoms with Crippen LogP contribution in [0.4, 0.5) is 0 Å². The third-order valence-corrected chi connectivity index (χ3v) is 4.66. The van der Waals surface area contributed by atoms with Crippen LogP contribution in [0.1, 0.15) is 21.7 Å². The van der Waals surface area contributed by atoms with Crippen LogP contribution >= 0.6 is 11.3 Å². The van der Waals surface area contributed by atoms with Crippen LogP contribution in [0.15, 0.2) is 11.4 Å². The number of Topliss-reactive ketones (excluding diaryl/α,β-unsaturated/α-hetero) is 1. The van der Waals surface area contributed by atoms with E-state index in [0.29, 0.717) is 11.7 Å².